The van der Waals surface area contributed by atoms with E-state index in [0.29, 0.717) is 69.0 Å². The van der Waals surface area contributed by atoms with E-state index in [1.54, 1.807) is 39.8 Å². The van der Waals surface area contributed by atoms with E-state index >= 15 is 4.39 Å². The van der Waals surface area contributed by atoms with E-state index in [4.69, 9.17) is 0 Å². The molecule has 2 fully saturated rings. The van der Waals surface area contributed by atoms with Gasteiger partial charge in [0.2, 0.25) is 17.2 Å². The van der Waals surface area contributed by atoms with Crippen LogP contribution in [0.15, 0.2) is 77.7 Å². The van der Waals surface area contributed by atoms with Gasteiger partial charge in [-0.25, -0.2) is 4.39 Å². The average Bonchev–Trinajstić information content (AvgIpc) is 3.07. The standard InChI is InChI=1S/C36H38FN5O4/c1-4-39-22-28(34(45)38-25-11-13-26(14-12-25)42-23-36(2,3)35(42)46)33(44)27-20-29(37)31(21-30(27)39)40-16-18-41(19-17-40)32(43)15-10-24-8-6-5-7-9-24/h5-9,11-14,20-22H,4,10,15-19,23H2,1-3H3,(H,38,45). The highest BCUT2D eigenvalue weighted by molar-refractivity contribution is 6.07. The number of rotatable bonds is 8. The second-order valence-corrected chi connectivity index (χ2v) is 12.6. The number of amides is 3. The van der Waals surface area contributed by atoms with Gasteiger partial charge in [-0.15, -0.1) is 0 Å². The second-order valence-electron chi connectivity index (χ2n) is 12.6. The number of hydrogen-bond acceptors (Lipinski definition) is 5. The van der Waals surface area contributed by atoms with Gasteiger partial charge in [-0.3, -0.25) is 19.2 Å². The van der Waals surface area contributed by atoms with Crippen LogP contribution in [-0.2, 0) is 22.6 Å². The predicted molar refractivity (Wildman–Crippen MR) is 178 cm³/mol. The molecule has 0 radical (unpaired) electrons. The molecular formula is C36H38FN5O4. The van der Waals surface area contributed by atoms with E-state index in [9.17, 15) is 19.2 Å². The number of aromatic nitrogens is 1. The third-order valence-electron chi connectivity index (χ3n) is 8.99. The molecule has 9 nitrogen and oxygen atoms in total. The first-order chi connectivity index (χ1) is 22.1. The Bertz CT molecular complexity index is 1860. The van der Waals surface area contributed by atoms with Crippen molar-refractivity contribution in [2.75, 3.05) is 47.8 Å². The minimum absolute atomic E-state index is 0.0443. The molecule has 0 saturated carbocycles. The second kappa shape index (κ2) is 12.4. The SMILES string of the molecule is CCn1cc(C(=O)Nc2ccc(N3CC(C)(C)C3=O)cc2)c(=O)c2cc(F)c(N3CCN(C(=O)CCc4ccccc4)CC3)cc21. The number of carbonyl (C=O) groups is 3. The number of halogens is 1. The van der Waals surface area contributed by atoms with E-state index in [0.717, 1.165) is 11.3 Å². The first kappa shape index (κ1) is 31.0. The molecule has 0 atom stereocenters. The minimum Gasteiger partial charge on any atom is -0.366 e. The summed E-state index contributed by atoms with van der Waals surface area (Å²) < 4.78 is 17.4. The maximum absolute atomic E-state index is 15.6. The van der Waals surface area contributed by atoms with Gasteiger partial charge in [-0.1, -0.05) is 30.3 Å². The van der Waals surface area contributed by atoms with Crippen LogP contribution in [0.4, 0.5) is 21.5 Å². The van der Waals surface area contributed by atoms with Gasteiger partial charge in [0.25, 0.3) is 5.91 Å². The fraction of sp³-hybridized carbons (Fsp3) is 0.333. The van der Waals surface area contributed by atoms with Crippen molar-refractivity contribution in [1.29, 1.82) is 0 Å². The molecule has 0 bridgehead atoms. The maximum Gasteiger partial charge on any atom is 0.261 e. The number of pyridine rings is 1. The smallest absolute Gasteiger partial charge is 0.261 e. The normalized spacial score (nSPS) is 16.0. The Morgan fingerprint density at radius 3 is 2.26 bits per heavy atom. The van der Waals surface area contributed by atoms with Crippen LogP contribution in [0.2, 0.25) is 0 Å². The van der Waals surface area contributed by atoms with Crippen LogP contribution >= 0.6 is 0 Å². The Morgan fingerprint density at radius 1 is 0.935 bits per heavy atom. The van der Waals surface area contributed by atoms with Crippen molar-refractivity contribution in [2.24, 2.45) is 5.41 Å². The zero-order valence-electron chi connectivity index (χ0n) is 26.4. The van der Waals surface area contributed by atoms with Gasteiger partial charge in [0, 0.05) is 68.6 Å². The Kier molecular flexibility index (Phi) is 8.37. The fourth-order valence-electron chi connectivity index (χ4n) is 6.26. The summed E-state index contributed by atoms with van der Waals surface area (Å²) in [5, 5.41) is 2.89. The molecule has 10 heteroatoms. The Labute approximate surface area is 267 Å². The summed E-state index contributed by atoms with van der Waals surface area (Å²) in [6, 6.07) is 19.7. The third-order valence-corrected chi connectivity index (χ3v) is 8.99. The number of benzene rings is 3. The largest absolute Gasteiger partial charge is 0.366 e. The Hall–Kier alpha value is -4.99. The van der Waals surface area contributed by atoms with E-state index in [1.165, 1.54) is 12.3 Å². The highest BCUT2D eigenvalue weighted by atomic mass is 19.1. The minimum atomic E-state index is -0.597. The van der Waals surface area contributed by atoms with Crippen LogP contribution in [0, 0.1) is 11.2 Å². The Morgan fingerprint density at radius 2 is 1.63 bits per heavy atom. The van der Waals surface area contributed by atoms with Crippen LogP contribution in [-0.4, -0.2) is 59.9 Å². The topological polar surface area (TPSA) is 95.0 Å². The number of hydrogen-bond donors (Lipinski definition) is 1. The number of β-lactam (4-membered cyclic amide) rings is 1. The van der Waals surface area contributed by atoms with Crippen molar-refractivity contribution in [3.8, 4) is 0 Å². The number of fused-ring (bicyclic) bond motifs is 1. The van der Waals surface area contributed by atoms with Gasteiger partial charge in [-0.05, 0) is 69.2 Å². The molecule has 2 aliphatic heterocycles. The lowest BCUT2D eigenvalue weighted by atomic mass is 9.83. The van der Waals surface area contributed by atoms with Gasteiger partial charge in [0.05, 0.1) is 16.6 Å². The Balaban J connectivity index is 1.15. The molecule has 6 rings (SSSR count). The van der Waals surface area contributed by atoms with Gasteiger partial charge in [0.1, 0.15) is 11.4 Å². The van der Waals surface area contributed by atoms with Gasteiger partial charge in [-0.2, -0.15) is 0 Å². The lowest BCUT2D eigenvalue weighted by Crippen LogP contribution is -2.58. The van der Waals surface area contributed by atoms with Crippen LogP contribution in [0.1, 0.15) is 43.1 Å². The van der Waals surface area contributed by atoms with Crippen LogP contribution in [0.25, 0.3) is 10.9 Å². The highest BCUT2D eigenvalue weighted by Gasteiger charge is 2.44. The van der Waals surface area contributed by atoms with Crippen molar-refractivity contribution in [3.63, 3.8) is 0 Å². The predicted octanol–water partition coefficient (Wildman–Crippen LogP) is 5.07. The molecule has 3 heterocycles. The van der Waals surface area contributed by atoms with Crippen molar-refractivity contribution >= 4 is 45.7 Å². The summed E-state index contributed by atoms with van der Waals surface area (Å²) in [4.78, 5) is 57.3. The molecular weight excluding hydrogens is 585 g/mol. The van der Waals surface area contributed by atoms with Crippen molar-refractivity contribution in [3.05, 3.63) is 100 Å². The summed E-state index contributed by atoms with van der Waals surface area (Å²) in [5.41, 5.74) is 2.22. The maximum atomic E-state index is 15.6. The molecule has 0 unspecified atom stereocenters. The fourth-order valence-corrected chi connectivity index (χ4v) is 6.26. The molecule has 3 aromatic carbocycles. The molecule has 2 aliphatic rings. The van der Waals surface area contributed by atoms with Gasteiger partial charge < -0.3 is 24.6 Å². The van der Waals surface area contributed by atoms with Crippen molar-refractivity contribution < 1.29 is 18.8 Å². The molecule has 0 spiro atoms. The molecule has 0 aliphatic carbocycles. The number of nitrogens with one attached hydrogen (secondary N) is 1. The summed E-state index contributed by atoms with van der Waals surface area (Å²) in [6.07, 6.45) is 2.62. The monoisotopic (exact) mass is 623 g/mol. The quantitative estimate of drug-likeness (QED) is 0.277. The number of nitrogens with zero attached hydrogens (tertiary/aromatic N) is 4. The first-order valence-corrected chi connectivity index (χ1v) is 15.7. The lowest BCUT2D eigenvalue weighted by Gasteiger charge is -2.44. The molecule has 2 saturated heterocycles. The molecule has 1 aromatic heterocycles. The van der Waals surface area contributed by atoms with Crippen molar-refractivity contribution in [2.45, 2.75) is 40.2 Å². The zero-order valence-corrected chi connectivity index (χ0v) is 26.4. The van der Waals surface area contributed by atoms with Gasteiger partial charge >= 0.3 is 0 Å². The lowest BCUT2D eigenvalue weighted by molar-refractivity contribution is -0.133. The molecule has 46 heavy (non-hydrogen) atoms. The number of piperazine rings is 1. The third kappa shape index (κ3) is 5.99. The zero-order chi connectivity index (χ0) is 32.6. The van der Waals surface area contributed by atoms with Crippen LogP contribution in [0.3, 0.4) is 0 Å². The summed E-state index contributed by atoms with van der Waals surface area (Å²) >= 11 is 0. The van der Waals surface area contributed by atoms with E-state index < -0.39 is 17.2 Å². The van der Waals surface area contributed by atoms with Gasteiger partial charge in [0.15, 0.2) is 0 Å². The van der Waals surface area contributed by atoms with E-state index in [1.807, 2.05) is 60.9 Å². The molecule has 238 valence electrons. The molecule has 4 aromatic rings. The highest BCUT2D eigenvalue weighted by Crippen LogP contribution is 2.35. The molecule has 3 amide bonds. The number of aryl methyl sites for hydroxylation is 2. The first-order valence-electron chi connectivity index (χ1n) is 15.7. The van der Waals surface area contributed by atoms with E-state index in [2.05, 4.69) is 5.32 Å². The summed E-state index contributed by atoms with van der Waals surface area (Å²) in [7, 11) is 0. The average molecular weight is 624 g/mol. The van der Waals surface area contributed by atoms with E-state index in [-0.39, 0.29) is 28.2 Å². The number of carbonyl (C=O) groups excluding carboxylic acids is 3. The summed E-state index contributed by atoms with van der Waals surface area (Å²) in [5.74, 6) is -1.02. The summed E-state index contributed by atoms with van der Waals surface area (Å²) in [6.45, 7) is 8.69. The van der Waals surface area contributed by atoms with Crippen molar-refractivity contribution in [1.82, 2.24) is 9.47 Å². The molecule has 1 N–H and O–H groups in total. The van der Waals surface area contributed by atoms with Crippen LogP contribution in [0.5, 0.6) is 0 Å². The van der Waals surface area contributed by atoms with Crippen LogP contribution < -0.4 is 20.5 Å². The number of anilines is 3.